The Morgan fingerprint density at radius 1 is 1.25 bits per heavy atom. The van der Waals surface area contributed by atoms with Crippen LogP contribution in [-0.2, 0) is 10.2 Å². The van der Waals surface area contributed by atoms with Crippen molar-refractivity contribution in [2.75, 3.05) is 0 Å². The largest absolute Gasteiger partial charge is 0.481 e. The number of carboxylic acids is 1. The third-order valence-electron chi connectivity index (χ3n) is 6.15. The van der Waals surface area contributed by atoms with Gasteiger partial charge in [-0.15, -0.1) is 0 Å². The summed E-state index contributed by atoms with van der Waals surface area (Å²) in [6.07, 6.45) is 3.19. The van der Waals surface area contributed by atoms with E-state index < -0.39 is 5.97 Å². The quantitative estimate of drug-likeness (QED) is 0.728. The number of hydrogen-bond donors (Lipinski definition) is 1. The fraction of sp³-hybridized carbons (Fsp3) is 0.429. The van der Waals surface area contributed by atoms with Crippen molar-refractivity contribution in [1.82, 2.24) is 19.9 Å². The molecule has 0 unspecified atom stereocenters. The predicted octanol–water partition coefficient (Wildman–Crippen LogP) is 3.67. The Hall–Kier alpha value is -2.96. The van der Waals surface area contributed by atoms with Gasteiger partial charge in [0.15, 0.2) is 5.82 Å². The second-order valence-electron chi connectivity index (χ2n) is 8.10. The first-order valence-electron chi connectivity index (χ1n) is 9.67. The molecule has 0 spiro atoms. The van der Waals surface area contributed by atoms with Crippen LogP contribution in [0.4, 0.5) is 0 Å². The SMILES string of the molecule is Cc1cc(-c2nc(C3(c4ccccc4C)CC3)no2)n(C2CC(C(=O)O)C2)n1. The van der Waals surface area contributed by atoms with E-state index in [1.54, 1.807) is 0 Å². The Bertz CT molecular complexity index is 1060. The minimum atomic E-state index is -0.740. The van der Waals surface area contributed by atoms with E-state index in [9.17, 15) is 4.79 Å². The Labute approximate surface area is 162 Å². The van der Waals surface area contributed by atoms with Gasteiger partial charge in [-0.3, -0.25) is 9.48 Å². The topological polar surface area (TPSA) is 94.0 Å². The molecule has 2 heterocycles. The molecular weight excluding hydrogens is 356 g/mol. The molecule has 3 aromatic rings. The van der Waals surface area contributed by atoms with E-state index in [-0.39, 0.29) is 17.4 Å². The van der Waals surface area contributed by atoms with Crippen molar-refractivity contribution in [3.8, 4) is 11.6 Å². The molecule has 0 amide bonds. The molecule has 2 aliphatic carbocycles. The summed E-state index contributed by atoms with van der Waals surface area (Å²) in [5.41, 5.74) is 3.97. The van der Waals surface area contributed by atoms with Gasteiger partial charge in [0, 0.05) is 0 Å². The highest BCUT2D eigenvalue weighted by Crippen LogP contribution is 2.53. The van der Waals surface area contributed by atoms with Crippen LogP contribution < -0.4 is 0 Å². The van der Waals surface area contributed by atoms with E-state index in [1.807, 2.05) is 23.7 Å². The summed E-state index contributed by atoms with van der Waals surface area (Å²) in [6, 6.07) is 10.3. The summed E-state index contributed by atoms with van der Waals surface area (Å²) >= 11 is 0. The number of aromatic nitrogens is 4. The lowest BCUT2D eigenvalue weighted by Gasteiger charge is -2.33. The van der Waals surface area contributed by atoms with Crippen LogP contribution in [0.1, 0.15) is 54.4 Å². The molecule has 7 heteroatoms. The molecule has 1 aromatic carbocycles. The van der Waals surface area contributed by atoms with Gasteiger partial charge in [0.25, 0.3) is 5.89 Å². The Balaban J connectivity index is 1.47. The predicted molar refractivity (Wildman–Crippen MR) is 101 cm³/mol. The summed E-state index contributed by atoms with van der Waals surface area (Å²) in [4.78, 5) is 15.9. The molecule has 144 valence electrons. The third kappa shape index (κ3) is 2.57. The highest BCUT2D eigenvalue weighted by molar-refractivity contribution is 5.71. The van der Waals surface area contributed by atoms with Gasteiger partial charge in [-0.05, 0) is 56.7 Å². The molecule has 0 radical (unpaired) electrons. The fourth-order valence-electron chi connectivity index (χ4n) is 4.31. The van der Waals surface area contributed by atoms with Crippen LogP contribution in [0.2, 0.25) is 0 Å². The van der Waals surface area contributed by atoms with Crippen LogP contribution in [0.5, 0.6) is 0 Å². The van der Waals surface area contributed by atoms with Crippen LogP contribution in [0, 0.1) is 19.8 Å². The Morgan fingerprint density at radius 3 is 2.68 bits per heavy atom. The number of carboxylic acid groups (broad SMARTS) is 1. The normalized spacial score (nSPS) is 22.6. The standard InChI is InChI=1S/C21H22N4O3/c1-12-5-3-4-6-16(12)21(7-8-21)20-22-18(28-24-20)17-9-13(2)23-25(17)15-10-14(11-15)19(26)27/h3-6,9,14-15H,7-8,10-11H2,1-2H3,(H,26,27). The molecule has 7 nitrogen and oxygen atoms in total. The first-order chi connectivity index (χ1) is 13.5. The van der Waals surface area contributed by atoms with Crippen molar-refractivity contribution in [3.05, 3.63) is 53.0 Å². The summed E-state index contributed by atoms with van der Waals surface area (Å²) in [6.45, 7) is 4.03. The van der Waals surface area contributed by atoms with Crippen molar-refractivity contribution in [2.24, 2.45) is 5.92 Å². The Morgan fingerprint density at radius 2 is 2.00 bits per heavy atom. The number of hydrogen-bond acceptors (Lipinski definition) is 5. The van der Waals surface area contributed by atoms with Gasteiger partial charge < -0.3 is 9.63 Å². The minimum absolute atomic E-state index is 0.0615. The second-order valence-corrected chi connectivity index (χ2v) is 8.10. The number of nitrogens with zero attached hydrogens (tertiary/aromatic N) is 4. The van der Waals surface area contributed by atoms with Crippen molar-refractivity contribution in [1.29, 1.82) is 0 Å². The van der Waals surface area contributed by atoms with Gasteiger partial charge in [-0.25, -0.2) is 0 Å². The molecule has 0 saturated heterocycles. The molecule has 2 saturated carbocycles. The average molecular weight is 378 g/mol. The van der Waals surface area contributed by atoms with Crippen LogP contribution in [0.15, 0.2) is 34.9 Å². The number of rotatable bonds is 5. The van der Waals surface area contributed by atoms with Gasteiger partial charge in [-0.2, -0.15) is 10.1 Å². The second kappa shape index (κ2) is 6.02. The van der Waals surface area contributed by atoms with E-state index in [4.69, 9.17) is 14.6 Å². The number of aryl methyl sites for hydroxylation is 2. The lowest BCUT2D eigenvalue weighted by Crippen LogP contribution is -2.33. The van der Waals surface area contributed by atoms with Crippen LogP contribution in [0.3, 0.4) is 0 Å². The van der Waals surface area contributed by atoms with Gasteiger partial charge >= 0.3 is 5.97 Å². The molecule has 0 aliphatic heterocycles. The van der Waals surface area contributed by atoms with Gasteiger partial charge in [0.2, 0.25) is 0 Å². The molecule has 2 aliphatic rings. The van der Waals surface area contributed by atoms with Crippen molar-refractivity contribution < 1.29 is 14.4 Å². The number of benzene rings is 1. The van der Waals surface area contributed by atoms with Crippen LogP contribution in [-0.4, -0.2) is 31.0 Å². The minimum Gasteiger partial charge on any atom is -0.481 e. The molecule has 2 fully saturated rings. The summed E-state index contributed by atoms with van der Waals surface area (Å²) in [5, 5.41) is 18.0. The van der Waals surface area contributed by atoms with E-state index in [0.29, 0.717) is 18.7 Å². The molecule has 0 atom stereocenters. The fourth-order valence-corrected chi connectivity index (χ4v) is 4.31. The maximum absolute atomic E-state index is 11.1. The lowest BCUT2D eigenvalue weighted by atomic mass is 9.80. The average Bonchev–Trinajstić information content (AvgIpc) is 3.10. The zero-order valence-corrected chi connectivity index (χ0v) is 15.9. The van der Waals surface area contributed by atoms with Crippen LogP contribution in [0.25, 0.3) is 11.6 Å². The maximum Gasteiger partial charge on any atom is 0.306 e. The Kier molecular flexibility index (Phi) is 3.69. The maximum atomic E-state index is 11.1. The summed E-state index contributed by atoms with van der Waals surface area (Å²) in [5.74, 6) is 0.139. The summed E-state index contributed by atoms with van der Waals surface area (Å²) < 4.78 is 7.51. The van der Waals surface area contributed by atoms with E-state index in [0.717, 1.165) is 30.1 Å². The van der Waals surface area contributed by atoms with E-state index in [1.165, 1.54) is 11.1 Å². The highest BCUT2D eigenvalue weighted by atomic mass is 16.5. The zero-order chi connectivity index (χ0) is 19.5. The first-order valence-corrected chi connectivity index (χ1v) is 9.67. The van der Waals surface area contributed by atoms with Gasteiger partial charge in [0.1, 0.15) is 5.69 Å². The zero-order valence-electron chi connectivity index (χ0n) is 15.9. The monoisotopic (exact) mass is 378 g/mol. The van der Waals surface area contributed by atoms with Gasteiger partial charge in [0.05, 0.1) is 23.1 Å². The summed E-state index contributed by atoms with van der Waals surface area (Å²) in [7, 11) is 0. The van der Waals surface area contributed by atoms with Crippen molar-refractivity contribution in [2.45, 2.75) is 51.0 Å². The molecule has 28 heavy (non-hydrogen) atoms. The molecule has 1 N–H and O–H groups in total. The molecule has 2 aromatic heterocycles. The van der Waals surface area contributed by atoms with Crippen molar-refractivity contribution >= 4 is 5.97 Å². The third-order valence-corrected chi connectivity index (χ3v) is 6.15. The number of aliphatic carboxylic acids is 1. The smallest absolute Gasteiger partial charge is 0.306 e. The first kappa shape index (κ1) is 17.2. The molecule has 5 rings (SSSR count). The van der Waals surface area contributed by atoms with Crippen LogP contribution >= 0.6 is 0 Å². The highest BCUT2D eigenvalue weighted by Gasteiger charge is 2.51. The van der Waals surface area contributed by atoms with E-state index in [2.05, 4.69) is 35.4 Å². The van der Waals surface area contributed by atoms with Gasteiger partial charge in [-0.1, -0.05) is 29.4 Å². The molecular formula is C21H22N4O3. The lowest BCUT2D eigenvalue weighted by molar-refractivity contribution is -0.146. The molecule has 0 bridgehead atoms. The number of carbonyl (C=O) groups is 1. The van der Waals surface area contributed by atoms with E-state index >= 15 is 0 Å². The van der Waals surface area contributed by atoms with Crippen molar-refractivity contribution in [3.63, 3.8) is 0 Å².